The van der Waals surface area contributed by atoms with Gasteiger partial charge in [-0.2, -0.15) is 0 Å². The van der Waals surface area contributed by atoms with Crippen molar-refractivity contribution < 1.29 is 14.6 Å². The van der Waals surface area contributed by atoms with E-state index in [9.17, 15) is 9.90 Å². The Kier molecular flexibility index (Phi) is 5.28. The van der Waals surface area contributed by atoms with Crippen LogP contribution in [-0.2, 0) is 16.1 Å². The number of ether oxygens (including phenoxy) is 1. The minimum absolute atomic E-state index is 0.256. The van der Waals surface area contributed by atoms with Crippen LogP contribution in [-0.4, -0.2) is 47.8 Å². The van der Waals surface area contributed by atoms with Crippen molar-refractivity contribution in [1.82, 2.24) is 9.88 Å². The molecule has 0 saturated carbocycles. The van der Waals surface area contributed by atoms with Gasteiger partial charge >= 0.3 is 5.97 Å². The number of rotatable bonds is 6. The van der Waals surface area contributed by atoms with E-state index in [-0.39, 0.29) is 6.61 Å². The van der Waals surface area contributed by atoms with E-state index in [0.717, 1.165) is 22.9 Å². The van der Waals surface area contributed by atoms with E-state index in [1.54, 1.807) is 18.4 Å². The maximum absolute atomic E-state index is 11.7. The second-order valence-electron chi connectivity index (χ2n) is 6.32. The molecule has 0 bridgehead atoms. The van der Waals surface area contributed by atoms with Crippen LogP contribution in [0.25, 0.3) is 10.4 Å². The van der Waals surface area contributed by atoms with Gasteiger partial charge in [-0.1, -0.05) is 30.3 Å². The molecule has 5 nitrogen and oxygen atoms in total. The topological polar surface area (TPSA) is 62.7 Å². The number of nitrogens with zero attached hydrogens (tertiary/aromatic N) is 2. The minimum Gasteiger partial charge on any atom is -0.481 e. The van der Waals surface area contributed by atoms with Gasteiger partial charge in [-0.3, -0.25) is 9.69 Å². The first kappa shape index (κ1) is 17.1. The Morgan fingerprint density at radius 3 is 2.92 bits per heavy atom. The third kappa shape index (κ3) is 3.66. The first-order chi connectivity index (χ1) is 11.6. The normalized spacial score (nSPS) is 21.7. The number of benzene rings is 1. The monoisotopic (exact) mass is 346 g/mol. The van der Waals surface area contributed by atoms with Crippen LogP contribution in [0.2, 0.25) is 0 Å². The predicted molar refractivity (Wildman–Crippen MR) is 94.0 cm³/mol. The summed E-state index contributed by atoms with van der Waals surface area (Å²) in [7, 11) is 1.57. The molecule has 6 heteroatoms. The quantitative estimate of drug-likeness (QED) is 0.871. The minimum atomic E-state index is -0.799. The van der Waals surface area contributed by atoms with Gasteiger partial charge in [0.05, 0.1) is 18.0 Å². The van der Waals surface area contributed by atoms with E-state index in [1.807, 2.05) is 24.4 Å². The maximum atomic E-state index is 11.7. The zero-order valence-corrected chi connectivity index (χ0v) is 14.6. The zero-order valence-electron chi connectivity index (χ0n) is 13.8. The second-order valence-corrected chi connectivity index (χ2v) is 7.43. The molecular formula is C18H22N2O3S. The first-order valence-corrected chi connectivity index (χ1v) is 8.89. The third-order valence-corrected chi connectivity index (χ3v) is 5.53. The highest BCUT2D eigenvalue weighted by molar-refractivity contribution is 7.15. The Bertz CT molecular complexity index is 685. The molecule has 0 aliphatic carbocycles. The highest BCUT2D eigenvalue weighted by Crippen LogP contribution is 2.33. The summed E-state index contributed by atoms with van der Waals surface area (Å²) >= 11 is 1.67. The summed E-state index contributed by atoms with van der Waals surface area (Å²) in [6, 6.07) is 10.2. The van der Waals surface area contributed by atoms with Crippen molar-refractivity contribution in [3.63, 3.8) is 0 Å². The molecule has 1 aliphatic heterocycles. The van der Waals surface area contributed by atoms with Crippen molar-refractivity contribution in [2.45, 2.75) is 19.4 Å². The van der Waals surface area contributed by atoms with Gasteiger partial charge in [-0.15, -0.1) is 11.3 Å². The fraction of sp³-hybridized carbons (Fsp3) is 0.444. The largest absolute Gasteiger partial charge is 0.481 e. The summed E-state index contributed by atoms with van der Waals surface area (Å²) in [5.41, 5.74) is 0.367. The van der Waals surface area contributed by atoms with Gasteiger partial charge in [0.25, 0.3) is 0 Å². The van der Waals surface area contributed by atoms with Crippen molar-refractivity contribution in [2.24, 2.45) is 5.41 Å². The molecule has 1 fully saturated rings. The van der Waals surface area contributed by atoms with Crippen LogP contribution < -0.4 is 0 Å². The number of methoxy groups -OCH3 is 1. The molecule has 1 aromatic carbocycles. The highest BCUT2D eigenvalue weighted by Gasteiger charge is 2.42. The molecule has 24 heavy (non-hydrogen) atoms. The summed E-state index contributed by atoms with van der Waals surface area (Å²) in [6.07, 6.45) is 3.44. The van der Waals surface area contributed by atoms with Gasteiger partial charge in [0.15, 0.2) is 0 Å². The third-order valence-electron chi connectivity index (χ3n) is 4.50. The first-order valence-electron chi connectivity index (χ1n) is 8.08. The summed E-state index contributed by atoms with van der Waals surface area (Å²) in [5, 5.41) is 10.7. The molecule has 0 amide bonds. The molecule has 1 aliphatic rings. The lowest BCUT2D eigenvalue weighted by Crippen LogP contribution is -2.50. The maximum Gasteiger partial charge on any atom is 0.313 e. The van der Waals surface area contributed by atoms with Gasteiger partial charge in [0, 0.05) is 19.9 Å². The molecule has 1 aromatic heterocycles. The van der Waals surface area contributed by atoms with Crippen LogP contribution in [0.5, 0.6) is 0 Å². The van der Waals surface area contributed by atoms with Crippen molar-refractivity contribution in [3.8, 4) is 10.4 Å². The fourth-order valence-corrected chi connectivity index (χ4v) is 4.27. The van der Waals surface area contributed by atoms with Crippen LogP contribution in [0, 0.1) is 5.41 Å². The lowest BCUT2D eigenvalue weighted by molar-refractivity contribution is -0.157. The van der Waals surface area contributed by atoms with Crippen LogP contribution in [0.4, 0.5) is 0 Å². The summed E-state index contributed by atoms with van der Waals surface area (Å²) in [4.78, 5) is 19.6. The van der Waals surface area contributed by atoms with Crippen LogP contribution in [0.3, 0.4) is 0 Å². The second kappa shape index (κ2) is 7.42. The highest BCUT2D eigenvalue weighted by atomic mass is 32.1. The van der Waals surface area contributed by atoms with E-state index < -0.39 is 11.4 Å². The fourth-order valence-electron chi connectivity index (χ4n) is 3.30. The molecule has 1 saturated heterocycles. The molecular weight excluding hydrogens is 324 g/mol. The van der Waals surface area contributed by atoms with Crippen LogP contribution in [0.15, 0.2) is 36.5 Å². The molecule has 1 atom stereocenters. The van der Waals surface area contributed by atoms with E-state index in [0.29, 0.717) is 19.5 Å². The summed E-state index contributed by atoms with van der Waals surface area (Å²) < 4.78 is 5.19. The molecule has 128 valence electrons. The van der Waals surface area contributed by atoms with Gasteiger partial charge in [0.2, 0.25) is 0 Å². The van der Waals surface area contributed by atoms with Gasteiger partial charge in [-0.25, -0.2) is 4.98 Å². The van der Waals surface area contributed by atoms with Crippen molar-refractivity contribution in [3.05, 3.63) is 41.5 Å². The number of carboxylic acids is 1. The SMILES string of the molecule is COCC1(C(=O)O)CCCN(Cc2ncc(-c3ccccc3)s2)C1. The number of piperidine rings is 1. The smallest absolute Gasteiger partial charge is 0.313 e. The van der Waals surface area contributed by atoms with E-state index >= 15 is 0 Å². The molecule has 0 spiro atoms. The number of hydrogen-bond acceptors (Lipinski definition) is 5. The number of carboxylic acid groups (broad SMARTS) is 1. The van der Waals surface area contributed by atoms with Crippen LogP contribution in [0.1, 0.15) is 17.8 Å². The Morgan fingerprint density at radius 2 is 2.21 bits per heavy atom. The lowest BCUT2D eigenvalue weighted by Gasteiger charge is -2.39. The predicted octanol–water partition coefficient (Wildman–Crippen LogP) is 3.12. The molecule has 1 N–H and O–H groups in total. The Hall–Kier alpha value is -1.76. The van der Waals surface area contributed by atoms with E-state index in [2.05, 4.69) is 22.0 Å². The zero-order chi connectivity index (χ0) is 17.0. The Labute approximate surface area is 145 Å². The summed E-state index contributed by atoms with van der Waals surface area (Å²) in [5.74, 6) is -0.766. The number of carbonyl (C=O) groups is 1. The van der Waals surface area contributed by atoms with Gasteiger partial charge < -0.3 is 9.84 Å². The molecule has 2 aromatic rings. The Balaban J connectivity index is 1.70. The number of aliphatic carboxylic acids is 1. The van der Waals surface area contributed by atoms with Crippen molar-refractivity contribution in [1.29, 1.82) is 0 Å². The number of thiazole rings is 1. The lowest BCUT2D eigenvalue weighted by atomic mass is 9.80. The number of likely N-dealkylation sites (tertiary alicyclic amines) is 1. The average molecular weight is 346 g/mol. The average Bonchev–Trinajstić information content (AvgIpc) is 3.04. The van der Waals surface area contributed by atoms with E-state index in [4.69, 9.17) is 4.74 Å². The van der Waals surface area contributed by atoms with Crippen LogP contribution >= 0.6 is 11.3 Å². The summed E-state index contributed by atoms with van der Waals surface area (Å²) in [6.45, 7) is 2.36. The number of hydrogen-bond donors (Lipinski definition) is 1. The number of aromatic nitrogens is 1. The molecule has 2 heterocycles. The van der Waals surface area contributed by atoms with Crippen molar-refractivity contribution >= 4 is 17.3 Å². The Morgan fingerprint density at radius 1 is 1.42 bits per heavy atom. The molecule has 1 unspecified atom stereocenters. The van der Waals surface area contributed by atoms with E-state index in [1.165, 1.54) is 5.56 Å². The van der Waals surface area contributed by atoms with Gasteiger partial charge in [-0.05, 0) is 24.9 Å². The van der Waals surface area contributed by atoms with Gasteiger partial charge in [0.1, 0.15) is 10.4 Å². The molecule has 3 rings (SSSR count). The van der Waals surface area contributed by atoms with Crippen molar-refractivity contribution in [2.75, 3.05) is 26.8 Å². The molecule has 0 radical (unpaired) electrons. The standard InChI is InChI=1S/C18H22N2O3S/c1-23-13-18(17(21)22)8-5-9-20(12-18)11-16-19-10-15(24-16)14-6-3-2-4-7-14/h2-4,6-7,10H,5,8-9,11-13H2,1H3,(H,21,22).